The number of rotatable bonds is 4. The number of halogens is 1. The molecule has 2 rings (SSSR count). The zero-order chi connectivity index (χ0) is 13.9. The van der Waals surface area contributed by atoms with Gasteiger partial charge in [-0.05, 0) is 56.9 Å². The molecule has 1 saturated carbocycles. The van der Waals surface area contributed by atoms with E-state index in [1.165, 1.54) is 12.1 Å². The molecule has 0 aliphatic heterocycles. The highest BCUT2D eigenvalue weighted by Gasteiger charge is 2.35. The molecule has 1 aliphatic carbocycles. The van der Waals surface area contributed by atoms with Gasteiger partial charge in [-0.15, -0.1) is 0 Å². The lowest BCUT2D eigenvalue weighted by molar-refractivity contribution is -0.124. The fourth-order valence-electron chi connectivity index (χ4n) is 2.45. The molecule has 1 fully saturated rings. The van der Waals surface area contributed by atoms with Gasteiger partial charge in [-0.3, -0.25) is 4.79 Å². The van der Waals surface area contributed by atoms with Crippen molar-refractivity contribution >= 4 is 5.78 Å². The standard InChI is InChI=1S/C15H19FO3/c1-11(17)12-6-8-15(18,9-7-12)10-19-14-4-2-13(16)3-5-14/h2-5,12,18H,6-10H2,1H3. The summed E-state index contributed by atoms with van der Waals surface area (Å²) in [5, 5.41) is 10.4. The second-order valence-electron chi connectivity index (χ2n) is 5.35. The summed E-state index contributed by atoms with van der Waals surface area (Å²) in [5.41, 5.74) is -0.875. The van der Waals surface area contributed by atoms with E-state index in [1.807, 2.05) is 0 Å². The summed E-state index contributed by atoms with van der Waals surface area (Å²) in [6.45, 7) is 1.79. The molecule has 0 radical (unpaired) electrons. The molecule has 1 N–H and O–H groups in total. The highest BCUT2D eigenvalue weighted by atomic mass is 19.1. The molecule has 0 bridgehead atoms. The summed E-state index contributed by atoms with van der Waals surface area (Å²) in [5.74, 6) is 0.504. The molecular formula is C15H19FO3. The Morgan fingerprint density at radius 1 is 1.37 bits per heavy atom. The number of hydrogen-bond acceptors (Lipinski definition) is 3. The van der Waals surface area contributed by atoms with Gasteiger partial charge in [0.15, 0.2) is 0 Å². The van der Waals surface area contributed by atoms with Gasteiger partial charge in [0, 0.05) is 5.92 Å². The van der Waals surface area contributed by atoms with Crippen LogP contribution in [0.5, 0.6) is 5.75 Å². The first-order chi connectivity index (χ1) is 8.98. The van der Waals surface area contributed by atoms with Gasteiger partial charge in [0.25, 0.3) is 0 Å². The molecule has 4 heteroatoms. The number of ether oxygens (including phenoxy) is 1. The van der Waals surface area contributed by atoms with Crippen molar-refractivity contribution in [2.24, 2.45) is 5.92 Å². The quantitative estimate of drug-likeness (QED) is 0.911. The summed E-state index contributed by atoms with van der Waals surface area (Å²) in [6, 6.07) is 5.73. The molecule has 0 unspecified atom stereocenters. The van der Waals surface area contributed by atoms with Gasteiger partial charge in [-0.25, -0.2) is 4.39 Å². The van der Waals surface area contributed by atoms with Gasteiger partial charge in [0.05, 0.1) is 5.60 Å². The van der Waals surface area contributed by atoms with Crippen molar-refractivity contribution in [1.82, 2.24) is 0 Å². The first kappa shape index (κ1) is 14.0. The molecule has 1 aromatic rings. The Hall–Kier alpha value is -1.42. The topological polar surface area (TPSA) is 46.5 Å². The van der Waals surface area contributed by atoms with E-state index >= 15 is 0 Å². The van der Waals surface area contributed by atoms with Crippen molar-refractivity contribution in [2.45, 2.75) is 38.2 Å². The average Bonchev–Trinajstić information content (AvgIpc) is 2.39. The van der Waals surface area contributed by atoms with Crippen molar-refractivity contribution in [2.75, 3.05) is 6.61 Å². The van der Waals surface area contributed by atoms with Crippen LogP contribution in [0.2, 0.25) is 0 Å². The Kier molecular flexibility index (Phi) is 4.20. The fourth-order valence-corrected chi connectivity index (χ4v) is 2.45. The number of ketones is 1. The maximum Gasteiger partial charge on any atom is 0.132 e. The molecule has 0 spiro atoms. The van der Waals surface area contributed by atoms with E-state index in [1.54, 1.807) is 19.1 Å². The minimum absolute atomic E-state index is 0.0751. The fraction of sp³-hybridized carbons (Fsp3) is 0.533. The van der Waals surface area contributed by atoms with Crippen LogP contribution in [0.15, 0.2) is 24.3 Å². The predicted molar refractivity (Wildman–Crippen MR) is 69.5 cm³/mol. The van der Waals surface area contributed by atoms with Crippen LogP contribution < -0.4 is 4.74 Å². The van der Waals surface area contributed by atoms with E-state index in [0.717, 1.165) is 0 Å². The van der Waals surface area contributed by atoms with Crippen LogP contribution in [0.25, 0.3) is 0 Å². The number of carbonyl (C=O) groups excluding carboxylic acids is 1. The molecule has 104 valence electrons. The average molecular weight is 266 g/mol. The molecule has 1 aromatic carbocycles. The Balaban J connectivity index is 1.86. The normalized spacial score (nSPS) is 27.0. The number of benzene rings is 1. The largest absolute Gasteiger partial charge is 0.491 e. The Morgan fingerprint density at radius 3 is 2.47 bits per heavy atom. The molecule has 0 heterocycles. The third-order valence-electron chi connectivity index (χ3n) is 3.81. The predicted octanol–water partition coefficient (Wildman–Crippen LogP) is 2.71. The van der Waals surface area contributed by atoms with Crippen LogP contribution in [0.1, 0.15) is 32.6 Å². The highest BCUT2D eigenvalue weighted by Crippen LogP contribution is 2.33. The van der Waals surface area contributed by atoms with Crippen molar-refractivity contribution in [3.8, 4) is 5.75 Å². The van der Waals surface area contributed by atoms with E-state index in [-0.39, 0.29) is 24.1 Å². The second-order valence-corrected chi connectivity index (χ2v) is 5.35. The van der Waals surface area contributed by atoms with Crippen LogP contribution in [0, 0.1) is 11.7 Å². The number of aliphatic hydroxyl groups is 1. The lowest BCUT2D eigenvalue weighted by atomic mass is 9.78. The smallest absolute Gasteiger partial charge is 0.132 e. The summed E-state index contributed by atoms with van der Waals surface area (Å²) in [7, 11) is 0. The molecule has 19 heavy (non-hydrogen) atoms. The lowest BCUT2D eigenvalue weighted by Gasteiger charge is -2.34. The maximum atomic E-state index is 12.7. The SMILES string of the molecule is CC(=O)C1CCC(O)(COc2ccc(F)cc2)CC1. The van der Waals surface area contributed by atoms with Crippen molar-refractivity contribution in [3.05, 3.63) is 30.1 Å². The van der Waals surface area contributed by atoms with E-state index in [9.17, 15) is 14.3 Å². The highest BCUT2D eigenvalue weighted by molar-refractivity contribution is 5.78. The molecule has 3 nitrogen and oxygen atoms in total. The second kappa shape index (κ2) is 5.70. The van der Waals surface area contributed by atoms with E-state index in [4.69, 9.17) is 4.74 Å². The van der Waals surface area contributed by atoms with Crippen molar-refractivity contribution < 1.29 is 19.0 Å². The van der Waals surface area contributed by atoms with Gasteiger partial charge in [0.2, 0.25) is 0 Å². The molecule has 1 aliphatic rings. The summed E-state index contributed by atoms with van der Waals surface area (Å²) >= 11 is 0. The molecule has 0 aromatic heterocycles. The molecule has 0 saturated heterocycles. The summed E-state index contributed by atoms with van der Waals surface area (Å²) < 4.78 is 18.2. The van der Waals surface area contributed by atoms with Crippen molar-refractivity contribution in [3.63, 3.8) is 0 Å². The van der Waals surface area contributed by atoms with Gasteiger partial charge < -0.3 is 9.84 Å². The number of hydrogen-bond donors (Lipinski definition) is 1. The van der Waals surface area contributed by atoms with Crippen LogP contribution in [0.4, 0.5) is 4.39 Å². The maximum absolute atomic E-state index is 12.7. The third-order valence-corrected chi connectivity index (χ3v) is 3.81. The summed E-state index contributed by atoms with van der Waals surface area (Å²) in [4.78, 5) is 11.3. The van der Waals surface area contributed by atoms with Gasteiger partial charge >= 0.3 is 0 Å². The van der Waals surface area contributed by atoms with Crippen LogP contribution in [-0.2, 0) is 4.79 Å². The summed E-state index contributed by atoms with van der Waals surface area (Å²) in [6.07, 6.45) is 2.55. The molecule has 0 amide bonds. The van der Waals surface area contributed by atoms with Crippen LogP contribution in [0.3, 0.4) is 0 Å². The van der Waals surface area contributed by atoms with Crippen LogP contribution in [-0.4, -0.2) is 23.1 Å². The lowest BCUT2D eigenvalue weighted by Crippen LogP contribution is -2.40. The Labute approximate surface area is 112 Å². The van der Waals surface area contributed by atoms with Gasteiger partial charge in [0.1, 0.15) is 24.0 Å². The molecule has 0 atom stereocenters. The molecular weight excluding hydrogens is 247 g/mol. The monoisotopic (exact) mass is 266 g/mol. The van der Waals surface area contributed by atoms with E-state index in [2.05, 4.69) is 0 Å². The number of carbonyl (C=O) groups is 1. The van der Waals surface area contributed by atoms with Crippen molar-refractivity contribution in [1.29, 1.82) is 0 Å². The van der Waals surface area contributed by atoms with E-state index < -0.39 is 5.60 Å². The van der Waals surface area contributed by atoms with E-state index in [0.29, 0.717) is 31.4 Å². The number of Topliss-reactive ketones (excluding diaryl/α,β-unsaturated/α-hetero) is 1. The van der Waals surface area contributed by atoms with Crippen LogP contribution >= 0.6 is 0 Å². The zero-order valence-electron chi connectivity index (χ0n) is 11.1. The Morgan fingerprint density at radius 2 is 1.95 bits per heavy atom. The van der Waals surface area contributed by atoms with Gasteiger partial charge in [-0.1, -0.05) is 0 Å². The zero-order valence-corrected chi connectivity index (χ0v) is 11.1. The Bertz CT molecular complexity index is 433. The minimum atomic E-state index is -0.875. The minimum Gasteiger partial charge on any atom is -0.491 e. The third kappa shape index (κ3) is 3.77. The first-order valence-corrected chi connectivity index (χ1v) is 6.60. The van der Waals surface area contributed by atoms with Gasteiger partial charge in [-0.2, -0.15) is 0 Å². The first-order valence-electron chi connectivity index (χ1n) is 6.60.